The third-order valence-electron chi connectivity index (χ3n) is 1.61. The van der Waals surface area contributed by atoms with E-state index in [0.717, 1.165) is 5.56 Å². The summed E-state index contributed by atoms with van der Waals surface area (Å²) in [6.45, 7) is 3.53. The van der Waals surface area contributed by atoms with Gasteiger partial charge < -0.3 is 4.74 Å². The van der Waals surface area contributed by atoms with Crippen LogP contribution in [0.5, 0.6) is 5.75 Å². The Labute approximate surface area is 81.8 Å². The van der Waals surface area contributed by atoms with Crippen molar-refractivity contribution in [2.75, 3.05) is 7.11 Å². The molecule has 1 nitrogen and oxygen atoms in total. The zero-order valence-electron chi connectivity index (χ0n) is 7.31. The molecule has 0 unspecified atom stereocenters. The minimum atomic E-state index is -0.377. The Balaban J connectivity index is 2.89. The summed E-state index contributed by atoms with van der Waals surface area (Å²) < 4.78 is 17.9. The predicted molar refractivity (Wildman–Crippen MR) is 51.6 cm³/mol. The van der Waals surface area contributed by atoms with E-state index in [1.54, 1.807) is 12.1 Å². The molecule has 0 bridgehead atoms. The lowest BCUT2D eigenvalue weighted by Gasteiger charge is -2.03. The summed E-state index contributed by atoms with van der Waals surface area (Å²) in [5, 5.41) is 0.490. The van der Waals surface area contributed by atoms with Crippen LogP contribution in [0.3, 0.4) is 0 Å². The molecule has 0 radical (unpaired) electrons. The number of methoxy groups -OCH3 is 1. The third kappa shape index (κ3) is 2.74. The first kappa shape index (κ1) is 10.1. The van der Waals surface area contributed by atoms with E-state index in [9.17, 15) is 4.39 Å². The lowest BCUT2D eigenvalue weighted by atomic mass is 10.1. The zero-order chi connectivity index (χ0) is 9.84. The molecular weight excluding hydrogens is 191 g/mol. The molecule has 0 fully saturated rings. The SMILES string of the molecule is C=C(Cl)Cc1ccc(OC)c(F)c1. The Morgan fingerprint density at radius 3 is 2.77 bits per heavy atom. The van der Waals surface area contributed by atoms with Crippen LogP contribution in [-0.2, 0) is 6.42 Å². The molecule has 13 heavy (non-hydrogen) atoms. The number of benzene rings is 1. The van der Waals surface area contributed by atoms with Crippen molar-refractivity contribution in [3.8, 4) is 5.75 Å². The van der Waals surface area contributed by atoms with E-state index in [1.807, 2.05) is 0 Å². The van der Waals surface area contributed by atoms with Gasteiger partial charge in [0.2, 0.25) is 0 Å². The summed E-state index contributed by atoms with van der Waals surface area (Å²) in [7, 11) is 1.43. The lowest BCUT2D eigenvalue weighted by Crippen LogP contribution is -1.91. The van der Waals surface area contributed by atoms with E-state index in [1.165, 1.54) is 13.2 Å². The van der Waals surface area contributed by atoms with Crippen LogP contribution in [0.1, 0.15) is 5.56 Å². The minimum absolute atomic E-state index is 0.240. The fourth-order valence-corrected chi connectivity index (χ4v) is 1.20. The molecule has 0 atom stereocenters. The number of ether oxygens (including phenoxy) is 1. The minimum Gasteiger partial charge on any atom is -0.494 e. The molecule has 0 N–H and O–H groups in total. The Morgan fingerprint density at radius 2 is 2.31 bits per heavy atom. The quantitative estimate of drug-likeness (QED) is 0.729. The summed E-state index contributed by atoms with van der Waals surface area (Å²) in [4.78, 5) is 0. The molecule has 0 aliphatic carbocycles. The van der Waals surface area contributed by atoms with Crippen LogP contribution >= 0.6 is 11.6 Å². The molecule has 3 heteroatoms. The maximum Gasteiger partial charge on any atom is 0.165 e. The predicted octanol–water partition coefficient (Wildman–Crippen LogP) is 3.13. The van der Waals surface area contributed by atoms with Crippen molar-refractivity contribution < 1.29 is 9.13 Å². The van der Waals surface area contributed by atoms with Gasteiger partial charge in [-0.15, -0.1) is 0 Å². The average molecular weight is 201 g/mol. The normalized spacial score (nSPS) is 9.77. The first-order valence-electron chi connectivity index (χ1n) is 3.79. The van der Waals surface area contributed by atoms with Crippen molar-refractivity contribution in [3.63, 3.8) is 0 Å². The van der Waals surface area contributed by atoms with E-state index in [0.29, 0.717) is 11.5 Å². The molecule has 1 rings (SSSR count). The summed E-state index contributed by atoms with van der Waals surface area (Å²) in [5.74, 6) is -0.137. The van der Waals surface area contributed by atoms with E-state index in [2.05, 4.69) is 6.58 Å². The van der Waals surface area contributed by atoms with E-state index in [-0.39, 0.29) is 11.6 Å². The highest BCUT2D eigenvalue weighted by atomic mass is 35.5. The van der Waals surface area contributed by atoms with Crippen LogP contribution in [0, 0.1) is 5.82 Å². The van der Waals surface area contributed by atoms with Gasteiger partial charge in [0.15, 0.2) is 11.6 Å². The standard InChI is InChI=1S/C10H10ClFO/c1-7(11)5-8-3-4-10(13-2)9(12)6-8/h3-4,6H,1,5H2,2H3. The van der Waals surface area contributed by atoms with Gasteiger partial charge in [-0.05, 0) is 17.7 Å². The Kier molecular flexibility index (Phi) is 3.32. The Bertz CT molecular complexity index is 323. The molecule has 0 aliphatic heterocycles. The largest absolute Gasteiger partial charge is 0.494 e. The van der Waals surface area contributed by atoms with Gasteiger partial charge in [0.05, 0.1) is 7.11 Å². The number of hydrogen-bond acceptors (Lipinski definition) is 1. The van der Waals surface area contributed by atoms with Gasteiger partial charge in [-0.25, -0.2) is 4.39 Å². The number of halogens is 2. The van der Waals surface area contributed by atoms with Crippen LogP contribution in [-0.4, -0.2) is 7.11 Å². The molecule has 0 amide bonds. The van der Waals surface area contributed by atoms with E-state index >= 15 is 0 Å². The Morgan fingerprint density at radius 1 is 1.62 bits per heavy atom. The van der Waals surface area contributed by atoms with Gasteiger partial charge in [0, 0.05) is 11.5 Å². The van der Waals surface area contributed by atoms with Crippen LogP contribution < -0.4 is 4.74 Å². The molecule has 0 saturated heterocycles. The van der Waals surface area contributed by atoms with Crippen molar-refractivity contribution in [3.05, 3.63) is 41.2 Å². The van der Waals surface area contributed by atoms with Crippen LogP contribution in [0.25, 0.3) is 0 Å². The molecule has 0 spiro atoms. The number of allylic oxidation sites excluding steroid dienone is 1. The molecule has 70 valence electrons. The summed E-state index contributed by atoms with van der Waals surface area (Å²) in [5.41, 5.74) is 0.790. The fourth-order valence-electron chi connectivity index (χ4n) is 1.04. The van der Waals surface area contributed by atoms with Crippen molar-refractivity contribution in [1.29, 1.82) is 0 Å². The molecule has 0 aliphatic rings. The van der Waals surface area contributed by atoms with Gasteiger partial charge in [-0.1, -0.05) is 24.2 Å². The maximum absolute atomic E-state index is 13.1. The highest BCUT2D eigenvalue weighted by molar-refractivity contribution is 6.29. The second-order valence-electron chi connectivity index (χ2n) is 2.66. The van der Waals surface area contributed by atoms with Crippen molar-refractivity contribution in [2.24, 2.45) is 0 Å². The van der Waals surface area contributed by atoms with Crippen molar-refractivity contribution in [1.82, 2.24) is 0 Å². The summed E-state index contributed by atoms with van der Waals surface area (Å²) in [6.07, 6.45) is 0.475. The topological polar surface area (TPSA) is 9.23 Å². The molecule has 1 aromatic rings. The molecule has 0 aromatic heterocycles. The van der Waals surface area contributed by atoms with Gasteiger partial charge in [0.25, 0.3) is 0 Å². The average Bonchev–Trinajstić information content (AvgIpc) is 2.03. The first-order chi connectivity index (χ1) is 6.13. The van der Waals surface area contributed by atoms with Gasteiger partial charge >= 0.3 is 0 Å². The van der Waals surface area contributed by atoms with Gasteiger partial charge in [-0.2, -0.15) is 0 Å². The van der Waals surface area contributed by atoms with Crippen LogP contribution in [0.2, 0.25) is 0 Å². The second-order valence-corrected chi connectivity index (χ2v) is 3.20. The van der Waals surface area contributed by atoms with Gasteiger partial charge in [0.1, 0.15) is 0 Å². The monoisotopic (exact) mass is 200 g/mol. The third-order valence-corrected chi connectivity index (χ3v) is 1.75. The maximum atomic E-state index is 13.1. The second kappa shape index (κ2) is 4.28. The van der Waals surface area contributed by atoms with Crippen molar-refractivity contribution in [2.45, 2.75) is 6.42 Å². The Hall–Kier alpha value is -1.02. The van der Waals surface area contributed by atoms with Crippen LogP contribution in [0.4, 0.5) is 4.39 Å². The highest BCUT2D eigenvalue weighted by Gasteiger charge is 2.03. The fraction of sp³-hybridized carbons (Fsp3) is 0.200. The summed E-state index contributed by atoms with van der Waals surface area (Å²) in [6, 6.07) is 4.73. The van der Waals surface area contributed by atoms with Gasteiger partial charge in [-0.3, -0.25) is 0 Å². The number of rotatable bonds is 3. The lowest BCUT2D eigenvalue weighted by molar-refractivity contribution is 0.386. The first-order valence-corrected chi connectivity index (χ1v) is 4.17. The smallest absolute Gasteiger partial charge is 0.165 e. The van der Waals surface area contributed by atoms with E-state index in [4.69, 9.17) is 16.3 Å². The molecule has 0 heterocycles. The number of hydrogen-bond donors (Lipinski definition) is 0. The zero-order valence-corrected chi connectivity index (χ0v) is 8.07. The van der Waals surface area contributed by atoms with Crippen LogP contribution in [0.15, 0.2) is 29.8 Å². The molecule has 1 aromatic carbocycles. The summed E-state index contributed by atoms with van der Waals surface area (Å²) >= 11 is 5.59. The highest BCUT2D eigenvalue weighted by Crippen LogP contribution is 2.19. The molecular formula is C10H10ClFO. The molecule has 0 saturated carbocycles. The van der Waals surface area contributed by atoms with E-state index < -0.39 is 0 Å². The van der Waals surface area contributed by atoms with Crippen molar-refractivity contribution >= 4 is 11.6 Å².